The van der Waals surface area contributed by atoms with Crippen molar-refractivity contribution in [3.05, 3.63) is 58.7 Å². The molecule has 2 aromatic rings. The average Bonchev–Trinajstić information content (AvgIpc) is 2.85. The fourth-order valence-electron chi connectivity index (χ4n) is 2.45. The molecule has 0 aliphatic rings. The Labute approximate surface area is 262 Å². The molecule has 0 fully saturated rings. The zero-order valence-electron chi connectivity index (χ0n) is 21.2. The molecule has 14 nitrogen and oxygen atoms in total. The van der Waals surface area contributed by atoms with Gasteiger partial charge in [-0.15, -0.1) is 0 Å². The number of methoxy groups -OCH3 is 4. The molecule has 0 amide bonds. The first kappa shape index (κ1) is 38.4. The standard InChI is InChI=1S/2C10H11O7P.2Na/c2*1-15-9(11)6-3-7(10(12)16-2)5-8(4-6)17-18(13)14;;/h2*3-5,18H,1-2H3,(H,13,14);;/q;;2*+1/p-2. The van der Waals surface area contributed by atoms with E-state index in [1.54, 1.807) is 0 Å². The Bertz CT molecular complexity index is 1030. The van der Waals surface area contributed by atoms with E-state index in [4.69, 9.17) is 0 Å². The molecule has 38 heavy (non-hydrogen) atoms. The molecule has 196 valence electrons. The molecule has 0 radical (unpaired) electrons. The molecule has 18 heteroatoms. The smallest absolute Gasteiger partial charge is 0.771 e. The summed E-state index contributed by atoms with van der Waals surface area (Å²) in [6, 6.07) is 7.04. The maximum Gasteiger partial charge on any atom is 1.00 e. The van der Waals surface area contributed by atoms with Crippen LogP contribution in [0.4, 0.5) is 0 Å². The van der Waals surface area contributed by atoms with Gasteiger partial charge in [-0.2, -0.15) is 0 Å². The minimum absolute atomic E-state index is 0. The second-order valence-corrected chi connectivity index (χ2v) is 7.57. The van der Waals surface area contributed by atoms with E-state index in [1.807, 2.05) is 0 Å². The molecule has 0 bridgehead atoms. The largest absolute Gasteiger partial charge is 1.00 e. The maximum absolute atomic E-state index is 11.3. The van der Waals surface area contributed by atoms with Crippen LogP contribution in [0.3, 0.4) is 0 Å². The number of hydrogen-bond donors (Lipinski definition) is 0. The molecule has 0 aromatic heterocycles. The summed E-state index contributed by atoms with van der Waals surface area (Å²) in [6.45, 7) is 0. The minimum Gasteiger partial charge on any atom is -0.771 e. The Morgan fingerprint density at radius 2 is 0.737 bits per heavy atom. The summed E-state index contributed by atoms with van der Waals surface area (Å²) in [6.07, 6.45) is 0. The van der Waals surface area contributed by atoms with E-state index in [2.05, 4.69) is 28.0 Å². The first-order chi connectivity index (χ1) is 16.9. The molecule has 0 aliphatic heterocycles. The molecule has 0 heterocycles. The van der Waals surface area contributed by atoms with E-state index in [-0.39, 0.29) is 92.9 Å². The van der Waals surface area contributed by atoms with Gasteiger partial charge in [0.05, 0.1) is 50.7 Å². The summed E-state index contributed by atoms with van der Waals surface area (Å²) in [5.41, 5.74) is -0.0606. The number of carbonyl (C=O) groups excluding carboxylic acids is 4. The Balaban J connectivity index is 0. The molecule has 2 aromatic carbocycles. The third-order valence-electron chi connectivity index (χ3n) is 3.90. The predicted molar refractivity (Wildman–Crippen MR) is 118 cm³/mol. The minimum atomic E-state index is -3.49. The van der Waals surface area contributed by atoms with Gasteiger partial charge in [0, 0.05) is 0 Å². The van der Waals surface area contributed by atoms with Crippen LogP contribution in [-0.2, 0) is 28.1 Å². The first-order valence-electron chi connectivity index (χ1n) is 9.36. The van der Waals surface area contributed by atoms with Crippen molar-refractivity contribution >= 4 is 40.4 Å². The van der Waals surface area contributed by atoms with Crippen LogP contribution >= 0.6 is 16.5 Å². The summed E-state index contributed by atoms with van der Waals surface area (Å²) in [5, 5.41) is 0. The monoisotopic (exact) mass is 592 g/mol. The van der Waals surface area contributed by atoms with Crippen molar-refractivity contribution in [2.24, 2.45) is 0 Å². The van der Waals surface area contributed by atoms with E-state index >= 15 is 0 Å². The number of esters is 4. The van der Waals surface area contributed by atoms with Crippen LogP contribution in [0.5, 0.6) is 11.5 Å². The predicted octanol–water partition coefficient (Wildman–Crippen LogP) is -5.21. The SMILES string of the molecule is COC(=O)c1cc(O[PH](=O)[O-])cc(C(=O)OC)c1.COC(=O)c1cc(O[PH](=O)[O-])cc(C(=O)OC)c1.[Na+].[Na+]. The zero-order chi connectivity index (χ0) is 27.4. The fraction of sp³-hybridized carbons (Fsp3) is 0.200. The average molecular weight is 592 g/mol. The Hall–Kier alpha value is -1.70. The van der Waals surface area contributed by atoms with Crippen LogP contribution in [0.1, 0.15) is 41.4 Å². The van der Waals surface area contributed by atoms with Crippen LogP contribution in [0.2, 0.25) is 0 Å². The van der Waals surface area contributed by atoms with Crippen molar-refractivity contribution in [3.63, 3.8) is 0 Å². The van der Waals surface area contributed by atoms with Gasteiger partial charge in [0.2, 0.25) is 0 Å². The first-order valence-corrected chi connectivity index (χ1v) is 11.8. The van der Waals surface area contributed by atoms with Gasteiger partial charge in [0.1, 0.15) is 11.5 Å². The van der Waals surface area contributed by atoms with Crippen LogP contribution < -0.4 is 77.9 Å². The molecule has 0 saturated carbocycles. The maximum atomic E-state index is 11.3. The van der Waals surface area contributed by atoms with Gasteiger partial charge in [-0.1, -0.05) is 0 Å². The van der Waals surface area contributed by atoms with Gasteiger partial charge in [-0.05, 0) is 36.4 Å². The molecular weight excluding hydrogens is 572 g/mol. The second kappa shape index (κ2) is 19.4. The van der Waals surface area contributed by atoms with E-state index < -0.39 is 40.4 Å². The molecule has 2 rings (SSSR count). The number of ether oxygens (including phenoxy) is 4. The number of rotatable bonds is 8. The summed E-state index contributed by atoms with van der Waals surface area (Å²) in [5.74, 6) is -3.21. The van der Waals surface area contributed by atoms with Gasteiger partial charge in [-0.3, -0.25) is 9.13 Å². The summed E-state index contributed by atoms with van der Waals surface area (Å²) in [7, 11) is -2.35. The summed E-state index contributed by atoms with van der Waals surface area (Å²) < 4.78 is 47.8. The molecule has 0 N–H and O–H groups in total. The summed E-state index contributed by atoms with van der Waals surface area (Å²) in [4.78, 5) is 66.3. The zero-order valence-corrected chi connectivity index (χ0v) is 27.2. The number of hydrogen-bond acceptors (Lipinski definition) is 14. The van der Waals surface area contributed by atoms with Crippen LogP contribution in [0.25, 0.3) is 0 Å². The van der Waals surface area contributed by atoms with Crippen LogP contribution in [0, 0.1) is 0 Å². The van der Waals surface area contributed by atoms with Crippen molar-refractivity contribution in [1.29, 1.82) is 0 Å². The number of benzene rings is 2. The van der Waals surface area contributed by atoms with Crippen LogP contribution in [-0.4, -0.2) is 52.3 Å². The van der Waals surface area contributed by atoms with Crippen molar-refractivity contribution in [2.45, 2.75) is 0 Å². The molecule has 0 spiro atoms. The van der Waals surface area contributed by atoms with Gasteiger partial charge in [0.15, 0.2) is 16.5 Å². The van der Waals surface area contributed by atoms with E-state index in [0.717, 1.165) is 52.7 Å². The molecule has 2 atom stereocenters. The molecule has 2 unspecified atom stereocenters. The van der Waals surface area contributed by atoms with Crippen LogP contribution in [0.15, 0.2) is 36.4 Å². The van der Waals surface area contributed by atoms with E-state index in [1.165, 1.54) is 12.1 Å². The van der Waals surface area contributed by atoms with E-state index in [0.29, 0.717) is 0 Å². The topological polar surface area (TPSA) is 204 Å². The van der Waals surface area contributed by atoms with Crippen molar-refractivity contribution in [2.75, 3.05) is 28.4 Å². The van der Waals surface area contributed by atoms with Gasteiger partial charge in [-0.25, -0.2) is 19.2 Å². The van der Waals surface area contributed by atoms with E-state index in [9.17, 15) is 38.1 Å². The van der Waals surface area contributed by atoms with Crippen molar-refractivity contribution in [3.8, 4) is 11.5 Å². The number of carbonyl (C=O) groups is 4. The Morgan fingerprint density at radius 1 is 0.526 bits per heavy atom. The van der Waals surface area contributed by atoms with Crippen molar-refractivity contribution < 1.29 is 125 Å². The van der Waals surface area contributed by atoms with Gasteiger partial charge >= 0.3 is 83.0 Å². The Morgan fingerprint density at radius 3 is 0.895 bits per heavy atom. The van der Waals surface area contributed by atoms with Crippen molar-refractivity contribution in [1.82, 2.24) is 0 Å². The third-order valence-corrected chi connectivity index (χ3v) is 4.70. The quantitative estimate of drug-likeness (QED) is 0.122. The Kier molecular flexibility index (Phi) is 19.6. The second-order valence-electron chi connectivity index (χ2n) is 6.16. The van der Waals surface area contributed by atoms with Gasteiger partial charge < -0.3 is 37.8 Å². The normalized spacial score (nSPS) is 10.9. The summed E-state index contributed by atoms with van der Waals surface area (Å²) >= 11 is 0. The third kappa shape index (κ3) is 12.9. The van der Waals surface area contributed by atoms with Gasteiger partial charge in [0.25, 0.3) is 0 Å². The molecule has 0 saturated heterocycles. The molecule has 0 aliphatic carbocycles. The fourth-order valence-corrected chi connectivity index (χ4v) is 3.07. The molecular formula is C20H20Na2O14P2.